The molecule has 0 aliphatic carbocycles. The standard InChI is InChI=1S/C10H12F3N5O2/c11-10(12,13)8-5(3-14)17-9(18-8)7(20)4(15)1-2-6(16)19/h4-5,9,17H,1-2,15H2,(H2,16,19)/t4-,5?,9?/m0/s1. The number of alkyl halides is 3. The molecule has 1 aliphatic heterocycles. The van der Waals surface area contributed by atoms with Gasteiger partial charge in [-0.05, 0) is 6.42 Å². The van der Waals surface area contributed by atoms with Gasteiger partial charge in [0.25, 0.3) is 0 Å². The van der Waals surface area contributed by atoms with E-state index in [1.54, 1.807) is 0 Å². The Morgan fingerprint density at radius 3 is 2.50 bits per heavy atom. The average molecular weight is 291 g/mol. The molecule has 1 rings (SSSR count). The van der Waals surface area contributed by atoms with E-state index in [1.165, 1.54) is 6.07 Å². The second-order valence-corrected chi connectivity index (χ2v) is 4.16. The molecule has 0 aromatic heterocycles. The maximum atomic E-state index is 12.6. The van der Waals surface area contributed by atoms with Gasteiger partial charge >= 0.3 is 6.18 Å². The van der Waals surface area contributed by atoms with Crippen molar-refractivity contribution in [1.29, 1.82) is 5.26 Å². The molecule has 2 unspecified atom stereocenters. The minimum Gasteiger partial charge on any atom is -0.370 e. The van der Waals surface area contributed by atoms with Crippen LogP contribution in [0.25, 0.3) is 0 Å². The lowest BCUT2D eigenvalue weighted by Gasteiger charge is -2.13. The van der Waals surface area contributed by atoms with Crippen LogP contribution in [0, 0.1) is 11.3 Å². The third-order valence-electron chi connectivity index (χ3n) is 2.62. The minimum absolute atomic E-state index is 0.0968. The maximum absolute atomic E-state index is 12.6. The lowest BCUT2D eigenvalue weighted by Crippen LogP contribution is -2.46. The molecule has 110 valence electrons. The first-order valence-corrected chi connectivity index (χ1v) is 5.55. The highest BCUT2D eigenvalue weighted by molar-refractivity contribution is 6.02. The minimum atomic E-state index is -4.81. The van der Waals surface area contributed by atoms with E-state index in [-0.39, 0.29) is 12.8 Å². The first kappa shape index (κ1) is 16.1. The number of primary amides is 1. The average Bonchev–Trinajstić information content (AvgIpc) is 2.78. The SMILES string of the molecule is N#CC1NC(C(=O)[C@@H](N)CCC(N)=O)N=C1C(F)(F)F. The van der Waals surface area contributed by atoms with Crippen molar-refractivity contribution in [2.45, 2.75) is 37.3 Å². The summed E-state index contributed by atoms with van der Waals surface area (Å²) in [6.45, 7) is 0. The van der Waals surface area contributed by atoms with Gasteiger partial charge in [0.2, 0.25) is 5.91 Å². The summed E-state index contributed by atoms with van der Waals surface area (Å²) in [6.07, 6.45) is -6.61. The molecule has 1 amide bonds. The van der Waals surface area contributed by atoms with Crippen molar-refractivity contribution in [2.75, 3.05) is 0 Å². The molecule has 10 heteroatoms. The fourth-order valence-electron chi connectivity index (χ4n) is 1.61. The number of rotatable bonds is 5. The van der Waals surface area contributed by atoms with Gasteiger partial charge in [-0.1, -0.05) is 0 Å². The molecule has 0 radical (unpaired) electrons. The molecule has 1 aliphatic rings. The quantitative estimate of drug-likeness (QED) is 0.595. The number of nitrogens with zero attached hydrogens (tertiary/aromatic N) is 2. The van der Waals surface area contributed by atoms with E-state index in [4.69, 9.17) is 16.7 Å². The second kappa shape index (κ2) is 5.98. The van der Waals surface area contributed by atoms with Crippen molar-refractivity contribution < 1.29 is 22.8 Å². The van der Waals surface area contributed by atoms with E-state index in [0.717, 1.165) is 0 Å². The third kappa shape index (κ3) is 3.75. The molecule has 0 saturated heterocycles. The van der Waals surface area contributed by atoms with Gasteiger partial charge in [-0.2, -0.15) is 18.4 Å². The van der Waals surface area contributed by atoms with Crippen LogP contribution in [0.4, 0.5) is 13.2 Å². The van der Waals surface area contributed by atoms with E-state index < -0.39 is 41.8 Å². The Labute approximate surface area is 111 Å². The number of nitriles is 1. The predicted octanol–water partition coefficient (Wildman–Crippen LogP) is -1.03. The lowest BCUT2D eigenvalue weighted by atomic mass is 10.1. The Morgan fingerprint density at radius 2 is 2.10 bits per heavy atom. The van der Waals surface area contributed by atoms with E-state index in [0.29, 0.717) is 0 Å². The molecule has 7 nitrogen and oxygen atoms in total. The molecular formula is C10H12F3N5O2. The third-order valence-corrected chi connectivity index (χ3v) is 2.62. The number of carbonyl (C=O) groups is 2. The topological polar surface area (TPSA) is 134 Å². The van der Waals surface area contributed by atoms with Crippen LogP contribution in [-0.2, 0) is 9.59 Å². The number of nitrogens with one attached hydrogen (secondary N) is 1. The fraction of sp³-hybridized carbons (Fsp3) is 0.600. The zero-order valence-electron chi connectivity index (χ0n) is 10.1. The van der Waals surface area contributed by atoms with E-state index in [1.807, 2.05) is 0 Å². The highest BCUT2D eigenvalue weighted by atomic mass is 19.4. The van der Waals surface area contributed by atoms with Crippen molar-refractivity contribution in [2.24, 2.45) is 16.5 Å². The zero-order chi connectivity index (χ0) is 15.5. The van der Waals surface area contributed by atoms with Crippen molar-refractivity contribution in [3.8, 4) is 6.07 Å². The van der Waals surface area contributed by atoms with Crippen LogP contribution in [0.5, 0.6) is 0 Å². The molecule has 0 aromatic carbocycles. The van der Waals surface area contributed by atoms with E-state index >= 15 is 0 Å². The predicted molar refractivity (Wildman–Crippen MR) is 61.2 cm³/mol. The van der Waals surface area contributed by atoms with Crippen LogP contribution in [0.15, 0.2) is 4.99 Å². The highest BCUT2D eigenvalue weighted by Gasteiger charge is 2.47. The number of hydrogen-bond acceptors (Lipinski definition) is 6. The number of carbonyl (C=O) groups excluding carboxylic acids is 2. The molecule has 3 atom stereocenters. The Hall–Kier alpha value is -1.99. The second-order valence-electron chi connectivity index (χ2n) is 4.16. The van der Waals surface area contributed by atoms with Crippen molar-refractivity contribution in [3.05, 3.63) is 0 Å². The molecule has 0 aromatic rings. The summed E-state index contributed by atoms with van der Waals surface area (Å²) in [4.78, 5) is 25.5. The van der Waals surface area contributed by atoms with Gasteiger partial charge < -0.3 is 11.5 Å². The van der Waals surface area contributed by atoms with Crippen LogP contribution in [0.2, 0.25) is 0 Å². The van der Waals surface area contributed by atoms with Gasteiger partial charge in [-0.15, -0.1) is 0 Å². The molecule has 0 fully saturated rings. The highest BCUT2D eigenvalue weighted by Crippen LogP contribution is 2.24. The number of aliphatic imine (C=N–C) groups is 1. The number of halogens is 3. The van der Waals surface area contributed by atoms with Crippen molar-refractivity contribution in [1.82, 2.24) is 5.32 Å². The number of ketones is 1. The number of amides is 1. The summed E-state index contributed by atoms with van der Waals surface area (Å²) < 4.78 is 37.7. The maximum Gasteiger partial charge on any atom is 0.431 e. The van der Waals surface area contributed by atoms with Crippen LogP contribution >= 0.6 is 0 Å². The molecular weight excluding hydrogens is 279 g/mol. The smallest absolute Gasteiger partial charge is 0.370 e. The molecule has 5 N–H and O–H groups in total. The van der Waals surface area contributed by atoms with Gasteiger partial charge in [-0.3, -0.25) is 19.9 Å². The number of hydrogen-bond donors (Lipinski definition) is 3. The van der Waals surface area contributed by atoms with Gasteiger partial charge in [0.05, 0.1) is 12.1 Å². The number of nitrogens with two attached hydrogens (primary N) is 2. The van der Waals surface area contributed by atoms with Crippen molar-refractivity contribution in [3.63, 3.8) is 0 Å². The van der Waals surface area contributed by atoms with Crippen molar-refractivity contribution >= 4 is 17.4 Å². The summed E-state index contributed by atoms with van der Waals surface area (Å²) in [7, 11) is 0. The zero-order valence-corrected chi connectivity index (χ0v) is 10.1. The fourth-order valence-corrected chi connectivity index (χ4v) is 1.61. The summed E-state index contributed by atoms with van der Waals surface area (Å²) in [6, 6.07) is -1.53. The molecule has 1 heterocycles. The normalized spacial score (nSPS) is 23.9. The summed E-state index contributed by atoms with van der Waals surface area (Å²) in [5.74, 6) is -1.51. The molecule has 0 bridgehead atoms. The Morgan fingerprint density at radius 1 is 1.50 bits per heavy atom. The Bertz CT molecular complexity index is 482. The molecule has 20 heavy (non-hydrogen) atoms. The first-order chi connectivity index (χ1) is 9.16. The monoisotopic (exact) mass is 291 g/mol. The Balaban J connectivity index is 2.79. The van der Waals surface area contributed by atoms with Gasteiger partial charge in [-0.25, -0.2) is 0 Å². The lowest BCUT2D eigenvalue weighted by molar-refractivity contribution is -0.122. The van der Waals surface area contributed by atoms with Crippen LogP contribution < -0.4 is 16.8 Å². The van der Waals surface area contributed by atoms with Crippen LogP contribution in [0.3, 0.4) is 0 Å². The number of Topliss-reactive ketones (excluding diaryl/α,β-unsaturated/α-hetero) is 1. The summed E-state index contributed by atoms with van der Waals surface area (Å²) in [5.41, 5.74) is 8.97. The molecule has 0 saturated carbocycles. The summed E-state index contributed by atoms with van der Waals surface area (Å²) in [5, 5.41) is 10.8. The molecule has 0 spiro atoms. The van der Waals surface area contributed by atoms with Gasteiger partial charge in [0.15, 0.2) is 11.9 Å². The van der Waals surface area contributed by atoms with E-state index in [9.17, 15) is 22.8 Å². The van der Waals surface area contributed by atoms with E-state index in [2.05, 4.69) is 10.3 Å². The Kier molecular flexibility index (Phi) is 4.80. The largest absolute Gasteiger partial charge is 0.431 e. The van der Waals surface area contributed by atoms with Gasteiger partial charge in [0, 0.05) is 6.42 Å². The van der Waals surface area contributed by atoms with Gasteiger partial charge in [0.1, 0.15) is 11.8 Å². The summed E-state index contributed by atoms with van der Waals surface area (Å²) >= 11 is 0. The van der Waals surface area contributed by atoms with Crippen LogP contribution in [0.1, 0.15) is 12.8 Å². The first-order valence-electron chi connectivity index (χ1n) is 5.55. The van der Waals surface area contributed by atoms with Crippen LogP contribution in [-0.4, -0.2) is 41.8 Å².